The van der Waals surface area contributed by atoms with Crippen LogP contribution in [0.5, 0.6) is 5.75 Å². The van der Waals surface area contributed by atoms with Crippen LogP contribution in [0.4, 0.5) is 11.6 Å². The molecule has 11 heteroatoms. The van der Waals surface area contributed by atoms with Gasteiger partial charge in [0.05, 0.1) is 18.2 Å². The Bertz CT molecular complexity index is 744. The van der Waals surface area contributed by atoms with E-state index < -0.39 is 4.92 Å². The van der Waals surface area contributed by atoms with Crippen molar-refractivity contribution in [1.82, 2.24) is 14.9 Å². The number of halogens is 1. The minimum atomic E-state index is -0.533. The highest BCUT2D eigenvalue weighted by molar-refractivity contribution is 9.10. The zero-order valence-electron chi connectivity index (χ0n) is 11.6. The van der Waals surface area contributed by atoms with Crippen molar-refractivity contribution in [3.63, 3.8) is 0 Å². The van der Waals surface area contributed by atoms with E-state index in [1.54, 1.807) is 13.0 Å². The van der Waals surface area contributed by atoms with Crippen molar-refractivity contribution in [3.8, 4) is 5.75 Å². The molecule has 2 aromatic rings. The summed E-state index contributed by atoms with van der Waals surface area (Å²) in [6.07, 6.45) is 1.36. The summed E-state index contributed by atoms with van der Waals surface area (Å²) in [5.41, 5.74) is 2.84. The number of ether oxygens (including phenoxy) is 1. The van der Waals surface area contributed by atoms with Crippen molar-refractivity contribution in [2.24, 2.45) is 5.10 Å². The van der Waals surface area contributed by atoms with Crippen LogP contribution in [0, 0.1) is 17.0 Å². The SMILES string of the molecule is COc1c(/C=N\Nc2nnc(C)n2N)cc(Br)cc1[N+](=O)[O-]. The second kappa shape index (κ2) is 6.39. The normalized spacial score (nSPS) is 10.9. The van der Waals surface area contributed by atoms with Crippen molar-refractivity contribution in [3.05, 3.63) is 38.1 Å². The number of anilines is 1. The van der Waals surface area contributed by atoms with Crippen LogP contribution in [0.1, 0.15) is 11.4 Å². The zero-order valence-corrected chi connectivity index (χ0v) is 13.2. The quantitative estimate of drug-likeness (QED) is 0.352. The van der Waals surface area contributed by atoms with Crippen LogP contribution in [-0.2, 0) is 0 Å². The van der Waals surface area contributed by atoms with Crippen LogP contribution < -0.4 is 16.0 Å². The number of hydrogen-bond acceptors (Lipinski definition) is 8. The first-order valence-electron chi connectivity index (χ1n) is 5.92. The molecule has 1 heterocycles. The number of nitro benzene ring substituents is 1. The Hall–Kier alpha value is -2.69. The zero-order chi connectivity index (χ0) is 16.3. The van der Waals surface area contributed by atoms with Gasteiger partial charge in [-0.3, -0.25) is 10.1 Å². The molecule has 0 bridgehead atoms. The van der Waals surface area contributed by atoms with Crippen LogP contribution in [-0.4, -0.2) is 33.1 Å². The largest absolute Gasteiger partial charge is 0.490 e. The number of rotatable bonds is 5. The summed E-state index contributed by atoms with van der Waals surface area (Å²) in [5.74, 6) is 6.50. The molecule has 1 aromatic heterocycles. The molecule has 3 N–H and O–H groups in total. The molecule has 1 aromatic carbocycles. The maximum atomic E-state index is 11.0. The fourth-order valence-electron chi connectivity index (χ4n) is 1.66. The smallest absolute Gasteiger partial charge is 0.312 e. The van der Waals surface area contributed by atoms with E-state index in [2.05, 4.69) is 36.7 Å². The summed E-state index contributed by atoms with van der Waals surface area (Å²) >= 11 is 3.21. The average molecular weight is 370 g/mol. The monoisotopic (exact) mass is 369 g/mol. The van der Waals surface area contributed by atoms with Gasteiger partial charge < -0.3 is 10.6 Å². The van der Waals surface area contributed by atoms with Gasteiger partial charge in [0, 0.05) is 16.1 Å². The van der Waals surface area contributed by atoms with E-state index in [0.29, 0.717) is 15.9 Å². The first-order chi connectivity index (χ1) is 10.4. The number of methoxy groups -OCH3 is 1. The van der Waals surface area contributed by atoms with Crippen molar-refractivity contribution < 1.29 is 9.66 Å². The van der Waals surface area contributed by atoms with Crippen LogP contribution in [0.15, 0.2) is 21.7 Å². The molecule has 0 amide bonds. The molecular formula is C11H12BrN7O3. The van der Waals surface area contributed by atoms with Gasteiger partial charge in [-0.2, -0.15) is 5.10 Å². The molecule has 10 nitrogen and oxygen atoms in total. The van der Waals surface area contributed by atoms with Crippen molar-refractivity contribution >= 4 is 33.8 Å². The number of hydrazone groups is 1. The topological polar surface area (TPSA) is 133 Å². The Morgan fingerprint density at radius 1 is 1.55 bits per heavy atom. The molecule has 0 saturated carbocycles. The Labute approximate surface area is 133 Å². The van der Waals surface area contributed by atoms with E-state index >= 15 is 0 Å². The van der Waals surface area contributed by atoms with Gasteiger partial charge in [0.15, 0.2) is 5.82 Å². The first-order valence-corrected chi connectivity index (χ1v) is 6.71. The number of nitro groups is 1. The highest BCUT2D eigenvalue weighted by Crippen LogP contribution is 2.33. The second-order valence-corrected chi connectivity index (χ2v) is 5.03. The molecule has 0 aliphatic rings. The van der Waals surface area contributed by atoms with Crippen molar-refractivity contribution in [1.29, 1.82) is 0 Å². The van der Waals surface area contributed by atoms with E-state index in [-0.39, 0.29) is 17.4 Å². The predicted octanol–water partition coefficient (Wildman–Crippen LogP) is 1.43. The highest BCUT2D eigenvalue weighted by atomic mass is 79.9. The molecule has 0 radical (unpaired) electrons. The summed E-state index contributed by atoms with van der Waals surface area (Å²) in [6, 6.07) is 2.99. The van der Waals surface area contributed by atoms with Gasteiger partial charge in [-0.1, -0.05) is 15.9 Å². The number of hydrogen-bond donors (Lipinski definition) is 2. The summed E-state index contributed by atoms with van der Waals surface area (Å²) in [5, 5.41) is 22.5. The molecule has 0 aliphatic heterocycles. The van der Waals surface area contributed by atoms with Gasteiger partial charge in [0.25, 0.3) is 5.95 Å². The first kappa shape index (κ1) is 15.7. The van der Waals surface area contributed by atoms with E-state index in [9.17, 15) is 10.1 Å². The number of aryl methyl sites for hydroxylation is 1. The molecule has 116 valence electrons. The summed E-state index contributed by atoms with van der Waals surface area (Å²) in [7, 11) is 1.35. The lowest BCUT2D eigenvalue weighted by atomic mass is 10.2. The molecule has 0 fully saturated rings. The fourth-order valence-corrected chi connectivity index (χ4v) is 2.12. The number of nitrogen functional groups attached to an aromatic ring is 1. The third kappa shape index (κ3) is 3.14. The van der Waals surface area contributed by atoms with E-state index in [1.807, 2.05) is 0 Å². The van der Waals surface area contributed by atoms with Gasteiger partial charge in [0.1, 0.15) is 0 Å². The van der Waals surface area contributed by atoms with Gasteiger partial charge >= 0.3 is 5.69 Å². The van der Waals surface area contributed by atoms with Gasteiger partial charge in [-0.05, 0) is 13.0 Å². The van der Waals surface area contributed by atoms with Crippen LogP contribution in [0.3, 0.4) is 0 Å². The number of aromatic nitrogens is 3. The van der Waals surface area contributed by atoms with Gasteiger partial charge in [-0.15, -0.1) is 10.2 Å². The van der Waals surface area contributed by atoms with Crippen LogP contribution >= 0.6 is 15.9 Å². The van der Waals surface area contributed by atoms with Crippen LogP contribution in [0.2, 0.25) is 0 Å². The Balaban J connectivity index is 2.30. The van der Waals surface area contributed by atoms with E-state index in [0.717, 1.165) is 0 Å². The molecule has 0 saturated heterocycles. The van der Waals surface area contributed by atoms with E-state index in [4.69, 9.17) is 10.6 Å². The Morgan fingerprint density at radius 3 is 2.82 bits per heavy atom. The maximum Gasteiger partial charge on any atom is 0.312 e. The van der Waals surface area contributed by atoms with Crippen LogP contribution in [0.25, 0.3) is 0 Å². The average Bonchev–Trinajstić information content (AvgIpc) is 2.78. The molecule has 0 spiro atoms. The summed E-state index contributed by atoms with van der Waals surface area (Å²) < 4.78 is 6.83. The lowest BCUT2D eigenvalue weighted by Gasteiger charge is -2.06. The third-order valence-electron chi connectivity index (χ3n) is 2.70. The highest BCUT2D eigenvalue weighted by Gasteiger charge is 2.19. The molecule has 0 atom stereocenters. The summed E-state index contributed by atoms with van der Waals surface area (Å²) in [4.78, 5) is 10.5. The fraction of sp³-hybridized carbons (Fsp3) is 0.182. The molecular weight excluding hydrogens is 358 g/mol. The van der Waals surface area contributed by atoms with Gasteiger partial charge in [-0.25, -0.2) is 10.1 Å². The van der Waals surface area contributed by atoms with E-state index in [1.165, 1.54) is 24.1 Å². The lowest BCUT2D eigenvalue weighted by molar-refractivity contribution is -0.385. The number of benzene rings is 1. The minimum absolute atomic E-state index is 0.101. The van der Waals surface area contributed by atoms with Crippen molar-refractivity contribution in [2.75, 3.05) is 18.4 Å². The molecule has 0 aliphatic carbocycles. The van der Waals surface area contributed by atoms with Gasteiger partial charge in [0.2, 0.25) is 5.75 Å². The van der Waals surface area contributed by atoms with Crippen molar-refractivity contribution in [2.45, 2.75) is 6.92 Å². The minimum Gasteiger partial charge on any atom is -0.490 e. The number of nitrogens with one attached hydrogen (secondary N) is 1. The number of nitrogens with zero attached hydrogens (tertiary/aromatic N) is 5. The third-order valence-corrected chi connectivity index (χ3v) is 3.16. The standard InChI is InChI=1S/C11H12BrN7O3/c1-6-15-17-11(18(6)13)16-14-5-7-3-8(12)4-9(19(20)21)10(7)22-2/h3-5H,13H2,1-2H3,(H,16,17)/b14-5-. The summed E-state index contributed by atoms with van der Waals surface area (Å²) in [6.45, 7) is 1.68. The number of nitrogens with two attached hydrogens (primary N) is 1. The Morgan fingerprint density at radius 2 is 2.27 bits per heavy atom. The Kier molecular flexibility index (Phi) is 4.56. The second-order valence-electron chi connectivity index (χ2n) is 4.12. The lowest BCUT2D eigenvalue weighted by Crippen LogP contribution is -2.13. The molecule has 2 rings (SSSR count). The molecule has 22 heavy (non-hydrogen) atoms. The maximum absolute atomic E-state index is 11.0. The predicted molar refractivity (Wildman–Crippen MR) is 83.5 cm³/mol. The molecule has 0 unspecified atom stereocenters.